The molecule has 0 fully saturated rings. The Kier molecular flexibility index (Phi) is 7.20. The van der Waals surface area contributed by atoms with E-state index in [0.29, 0.717) is 18.4 Å². The predicted octanol–water partition coefficient (Wildman–Crippen LogP) is 6.64. The number of hydrogen-bond donors (Lipinski definition) is 0. The second kappa shape index (κ2) is 9.66. The summed E-state index contributed by atoms with van der Waals surface area (Å²) in [6, 6.07) is 16.9. The SMILES string of the molecule is CCc1cccc(CC)c1C(=O)c1ccccc1[P+](=O)C(=O)c1c(Cl)cccc1Cl. The van der Waals surface area contributed by atoms with Gasteiger partial charge in [-0.3, -0.25) is 4.79 Å². The van der Waals surface area contributed by atoms with Crippen molar-refractivity contribution in [3.63, 3.8) is 0 Å². The summed E-state index contributed by atoms with van der Waals surface area (Å²) in [6.45, 7) is 3.97. The number of aryl methyl sites for hydroxylation is 2. The molecule has 0 aliphatic carbocycles. The minimum atomic E-state index is -2.60. The quantitative estimate of drug-likeness (QED) is 0.295. The molecule has 3 aromatic carbocycles. The summed E-state index contributed by atoms with van der Waals surface area (Å²) in [6.07, 6.45) is 1.38. The highest BCUT2D eigenvalue weighted by molar-refractivity contribution is 7.71. The highest BCUT2D eigenvalue weighted by atomic mass is 35.5. The Labute approximate surface area is 186 Å². The molecule has 0 saturated carbocycles. The molecule has 3 nitrogen and oxygen atoms in total. The first kappa shape index (κ1) is 22.4. The third-order valence-corrected chi connectivity index (χ3v) is 7.00. The molecule has 0 bridgehead atoms. The molecule has 6 heteroatoms. The molecule has 0 aliphatic rings. The van der Waals surface area contributed by atoms with Gasteiger partial charge in [0, 0.05) is 5.56 Å². The van der Waals surface area contributed by atoms with Crippen LogP contribution < -0.4 is 5.30 Å². The summed E-state index contributed by atoms with van der Waals surface area (Å²) < 4.78 is 13.2. The van der Waals surface area contributed by atoms with Crippen molar-refractivity contribution in [2.24, 2.45) is 0 Å². The van der Waals surface area contributed by atoms with Crippen LogP contribution in [0.1, 0.15) is 51.3 Å². The summed E-state index contributed by atoms with van der Waals surface area (Å²) in [5.41, 5.74) is 2.02. The van der Waals surface area contributed by atoms with Gasteiger partial charge in [-0.05, 0) is 48.2 Å². The van der Waals surface area contributed by atoms with Gasteiger partial charge in [-0.15, -0.1) is 0 Å². The molecule has 0 heterocycles. The van der Waals surface area contributed by atoms with Crippen LogP contribution in [0.5, 0.6) is 0 Å². The summed E-state index contributed by atoms with van der Waals surface area (Å²) in [4.78, 5) is 26.5. The first-order valence-corrected chi connectivity index (χ1v) is 11.6. The van der Waals surface area contributed by atoms with Gasteiger partial charge in [0.2, 0.25) is 5.30 Å². The first-order valence-electron chi connectivity index (χ1n) is 9.60. The van der Waals surface area contributed by atoms with E-state index in [4.69, 9.17) is 23.2 Å². The molecule has 0 amide bonds. The molecule has 1 unspecified atom stereocenters. The van der Waals surface area contributed by atoms with E-state index in [9.17, 15) is 14.2 Å². The van der Waals surface area contributed by atoms with Crippen molar-refractivity contribution in [3.05, 3.63) is 98.5 Å². The topological polar surface area (TPSA) is 51.2 Å². The Morgan fingerprint density at radius 3 is 1.87 bits per heavy atom. The zero-order chi connectivity index (χ0) is 21.8. The Morgan fingerprint density at radius 2 is 1.30 bits per heavy atom. The Hall–Kier alpha value is -2.32. The van der Waals surface area contributed by atoms with Crippen LogP contribution in [-0.4, -0.2) is 11.3 Å². The van der Waals surface area contributed by atoms with Crippen molar-refractivity contribution >= 4 is 47.6 Å². The number of carbonyl (C=O) groups excluding carboxylic acids is 2. The maximum atomic E-state index is 13.5. The van der Waals surface area contributed by atoms with Crippen molar-refractivity contribution in [1.82, 2.24) is 0 Å². The molecular weight excluding hydrogens is 438 g/mol. The Balaban J connectivity index is 2.11. The van der Waals surface area contributed by atoms with Crippen molar-refractivity contribution < 1.29 is 14.2 Å². The van der Waals surface area contributed by atoms with Crippen molar-refractivity contribution in [1.29, 1.82) is 0 Å². The van der Waals surface area contributed by atoms with Crippen LogP contribution in [-0.2, 0) is 17.4 Å². The monoisotopic (exact) mass is 457 g/mol. The number of hydrogen-bond acceptors (Lipinski definition) is 3. The van der Waals surface area contributed by atoms with E-state index in [1.807, 2.05) is 32.0 Å². The standard InChI is InChI=1S/C24H20Cl2O3P/c1-3-15-9-7-10-16(4-2)21(15)23(27)17-11-5-6-14-20(17)30(29)24(28)22-18(25)12-8-13-19(22)26/h5-14H,3-4H2,1-2H3/q+1. The van der Waals surface area contributed by atoms with E-state index in [1.165, 1.54) is 12.1 Å². The van der Waals surface area contributed by atoms with Gasteiger partial charge in [0.1, 0.15) is 5.56 Å². The fraction of sp³-hybridized carbons (Fsp3) is 0.167. The fourth-order valence-electron chi connectivity index (χ4n) is 3.42. The number of ketones is 1. The van der Waals surface area contributed by atoms with Crippen LogP contribution in [0.4, 0.5) is 0 Å². The lowest BCUT2D eigenvalue weighted by Crippen LogP contribution is -2.18. The van der Waals surface area contributed by atoms with E-state index in [0.717, 1.165) is 11.1 Å². The van der Waals surface area contributed by atoms with E-state index in [1.54, 1.807) is 30.3 Å². The summed E-state index contributed by atoms with van der Waals surface area (Å²) in [7, 11) is -2.60. The van der Waals surface area contributed by atoms with Crippen LogP contribution in [0, 0.1) is 0 Å². The fourth-order valence-corrected chi connectivity index (χ4v) is 5.40. The lowest BCUT2D eigenvalue weighted by molar-refractivity contribution is 0.103. The predicted molar refractivity (Wildman–Crippen MR) is 123 cm³/mol. The van der Waals surface area contributed by atoms with E-state index >= 15 is 0 Å². The highest BCUT2D eigenvalue weighted by Gasteiger charge is 2.39. The number of halogens is 2. The highest BCUT2D eigenvalue weighted by Crippen LogP contribution is 2.35. The number of benzene rings is 3. The van der Waals surface area contributed by atoms with Crippen LogP contribution in [0.15, 0.2) is 60.7 Å². The summed E-state index contributed by atoms with van der Waals surface area (Å²) in [5, 5.41) is 0.444. The third kappa shape index (κ3) is 4.25. The lowest BCUT2D eigenvalue weighted by Gasteiger charge is -2.12. The van der Waals surface area contributed by atoms with Crippen LogP contribution in [0.2, 0.25) is 10.0 Å². The average molecular weight is 458 g/mol. The molecule has 0 spiro atoms. The number of carbonyl (C=O) groups is 2. The molecule has 3 aromatic rings. The lowest BCUT2D eigenvalue weighted by atomic mass is 9.91. The third-order valence-electron chi connectivity index (χ3n) is 4.95. The molecule has 0 N–H and O–H groups in total. The molecule has 0 radical (unpaired) electrons. The minimum Gasteiger partial charge on any atom is -0.288 e. The Morgan fingerprint density at radius 1 is 0.767 bits per heavy atom. The van der Waals surface area contributed by atoms with Crippen LogP contribution in [0.25, 0.3) is 0 Å². The van der Waals surface area contributed by atoms with E-state index < -0.39 is 13.3 Å². The van der Waals surface area contributed by atoms with Gasteiger partial charge in [0.25, 0.3) is 0 Å². The maximum absolute atomic E-state index is 13.5. The van der Waals surface area contributed by atoms with Crippen LogP contribution >= 0.6 is 31.0 Å². The van der Waals surface area contributed by atoms with Gasteiger partial charge in [-0.25, -0.2) is 4.79 Å². The maximum Gasteiger partial charge on any atom is 0.459 e. The van der Waals surface area contributed by atoms with Gasteiger partial charge >= 0.3 is 13.3 Å². The Bertz CT molecular complexity index is 1110. The second-order valence-electron chi connectivity index (χ2n) is 6.70. The van der Waals surface area contributed by atoms with E-state index in [-0.39, 0.29) is 32.3 Å². The number of rotatable bonds is 7. The van der Waals surface area contributed by atoms with Crippen molar-refractivity contribution in [3.8, 4) is 0 Å². The van der Waals surface area contributed by atoms with Crippen molar-refractivity contribution in [2.75, 3.05) is 0 Å². The largest absolute Gasteiger partial charge is 0.459 e. The smallest absolute Gasteiger partial charge is 0.288 e. The van der Waals surface area contributed by atoms with E-state index in [2.05, 4.69) is 0 Å². The second-order valence-corrected chi connectivity index (χ2v) is 8.99. The molecule has 30 heavy (non-hydrogen) atoms. The molecule has 1 atom stereocenters. The normalized spacial score (nSPS) is 11.3. The van der Waals surface area contributed by atoms with Gasteiger partial charge in [0.15, 0.2) is 5.78 Å². The zero-order valence-electron chi connectivity index (χ0n) is 16.6. The summed E-state index contributed by atoms with van der Waals surface area (Å²) in [5.74, 6) is -0.235. The first-order chi connectivity index (χ1) is 14.4. The zero-order valence-corrected chi connectivity index (χ0v) is 19.0. The molecule has 0 saturated heterocycles. The summed E-state index contributed by atoms with van der Waals surface area (Å²) >= 11 is 12.3. The molecule has 152 valence electrons. The van der Waals surface area contributed by atoms with Crippen LogP contribution in [0.3, 0.4) is 0 Å². The van der Waals surface area contributed by atoms with Gasteiger partial charge < -0.3 is 0 Å². The minimum absolute atomic E-state index is 0.00685. The van der Waals surface area contributed by atoms with Gasteiger partial charge in [-0.1, -0.05) is 78.0 Å². The molecule has 0 aromatic heterocycles. The molecule has 0 aliphatic heterocycles. The average Bonchev–Trinajstić information content (AvgIpc) is 2.77. The van der Waals surface area contributed by atoms with Gasteiger partial charge in [0.05, 0.1) is 15.6 Å². The van der Waals surface area contributed by atoms with Gasteiger partial charge in [-0.2, -0.15) is 0 Å². The van der Waals surface area contributed by atoms with Crippen molar-refractivity contribution in [2.45, 2.75) is 26.7 Å². The molecular formula is C24H20Cl2O3P+. The molecule has 3 rings (SSSR count).